The first-order valence-corrected chi connectivity index (χ1v) is 10.8. The molecule has 0 fully saturated rings. The molecule has 29 heavy (non-hydrogen) atoms. The fourth-order valence-electron chi connectivity index (χ4n) is 5.43. The van der Waals surface area contributed by atoms with Crippen molar-refractivity contribution in [1.29, 1.82) is 0 Å². The first kappa shape index (κ1) is 16.8. The maximum Gasteiger partial charge on any atom is -0.00989 e. The number of benzene rings is 5. The van der Waals surface area contributed by atoms with Crippen LogP contribution in [0.3, 0.4) is 0 Å². The highest BCUT2D eigenvalue weighted by Gasteiger charge is 2.21. The molecule has 1 aliphatic rings. The van der Waals surface area contributed by atoms with E-state index in [1.165, 1.54) is 57.1 Å². The van der Waals surface area contributed by atoms with E-state index >= 15 is 0 Å². The van der Waals surface area contributed by atoms with E-state index in [1.807, 2.05) is 0 Å². The fraction of sp³-hybridized carbons (Fsp3) is 0.172. The van der Waals surface area contributed by atoms with Gasteiger partial charge >= 0.3 is 0 Å². The van der Waals surface area contributed by atoms with Crippen molar-refractivity contribution < 1.29 is 0 Å². The molecule has 0 nitrogen and oxygen atoms in total. The Morgan fingerprint density at radius 3 is 2.31 bits per heavy atom. The van der Waals surface area contributed by atoms with Crippen LogP contribution in [0.4, 0.5) is 0 Å². The van der Waals surface area contributed by atoms with Crippen molar-refractivity contribution >= 4 is 32.3 Å². The first-order chi connectivity index (χ1) is 14.4. The van der Waals surface area contributed by atoms with Crippen molar-refractivity contribution in [1.82, 2.24) is 0 Å². The highest BCUT2D eigenvalue weighted by Crippen LogP contribution is 2.37. The Balaban J connectivity index is 1.50. The van der Waals surface area contributed by atoms with Crippen molar-refractivity contribution in [3.8, 4) is 0 Å². The Kier molecular flexibility index (Phi) is 3.90. The molecular weight excluding hydrogens is 348 g/mol. The number of hydrogen-bond acceptors (Lipinski definition) is 0. The van der Waals surface area contributed by atoms with Gasteiger partial charge < -0.3 is 0 Å². The van der Waals surface area contributed by atoms with Crippen LogP contribution in [0, 0.1) is 0 Å². The summed E-state index contributed by atoms with van der Waals surface area (Å²) in [4.78, 5) is 0. The Hall–Kier alpha value is -3.12. The molecule has 0 heterocycles. The van der Waals surface area contributed by atoms with Crippen LogP contribution in [0.25, 0.3) is 32.3 Å². The van der Waals surface area contributed by atoms with Gasteiger partial charge in [-0.3, -0.25) is 0 Å². The Bertz CT molecular complexity index is 1360. The molecule has 1 aliphatic carbocycles. The molecule has 5 aromatic carbocycles. The number of rotatable bonds is 2. The van der Waals surface area contributed by atoms with Crippen molar-refractivity contribution in [2.75, 3.05) is 0 Å². The summed E-state index contributed by atoms with van der Waals surface area (Å²) in [7, 11) is 0. The lowest BCUT2D eigenvalue weighted by Crippen LogP contribution is -2.12. The number of aryl methyl sites for hydroxylation is 1. The predicted octanol–water partition coefficient (Wildman–Crippen LogP) is 7.81. The van der Waals surface area contributed by atoms with Crippen molar-refractivity contribution in [2.24, 2.45) is 0 Å². The molecule has 0 amide bonds. The molecule has 0 saturated heterocycles. The minimum atomic E-state index is 0.637. The summed E-state index contributed by atoms with van der Waals surface area (Å²) in [6.45, 7) is 0. The van der Waals surface area contributed by atoms with Crippen LogP contribution in [-0.2, 0) is 12.8 Å². The van der Waals surface area contributed by atoms with Crippen LogP contribution in [0.15, 0.2) is 91.0 Å². The minimum Gasteiger partial charge on any atom is -0.0620 e. The van der Waals surface area contributed by atoms with Gasteiger partial charge in [-0.15, -0.1) is 0 Å². The first-order valence-electron chi connectivity index (χ1n) is 10.8. The van der Waals surface area contributed by atoms with Gasteiger partial charge in [-0.25, -0.2) is 0 Å². The SMILES string of the molecule is c1ccc2c(c1)CCCC2Cc1cccc2c1ccc1c3ccccc3ccc21. The zero-order chi connectivity index (χ0) is 19.2. The van der Waals surface area contributed by atoms with Crippen LogP contribution in [0.5, 0.6) is 0 Å². The molecule has 0 aromatic heterocycles. The van der Waals surface area contributed by atoms with E-state index in [4.69, 9.17) is 0 Å². The lowest BCUT2D eigenvalue weighted by Gasteiger charge is -2.26. The summed E-state index contributed by atoms with van der Waals surface area (Å²) >= 11 is 0. The van der Waals surface area contributed by atoms with E-state index in [-0.39, 0.29) is 0 Å². The molecule has 0 radical (unpaired) electrons. The molecule has 5 aromatic rings. The lowest BCUT2D eigenvalue weighted by atomic mass is 9.79. The summed E-state index contributed by atoms with van der Waals surface area (Å²) in [6, 6.07) is 33.9. The maximum atomic E-state index is 2.36. The quantitative estimate of drug-likeness (QED) is 0.277. The topological polar surface area (TPSA) is 0 Å². The highest BCUT2D eigenvalue weighted by molar-refractivity contribution is 6.17. The standard InChI is InChI=1S/C29H24/c1-3-12-24-20(7-1)9-5-10-22(24)19-23-11-6-14-27-26(23)17-18-28-25-13-4-2-8-21(25)15-16-29(27)28/h1-4,6-8,11-18,22H,5,9-10,19H2. The maximum absolute atomic E-state index is 2.36. The van der Waals surface area contributed by atoms with Crippen molar-refractivity contribution in [3.63, 3.8) is 0 Å². The van der Waals surface area contributed by atoms with Crippen molar-refractivity contribution in [2.45, 2.75) is 31.6 Å². The molecule has 6 rings (SSSR count). The average Bonchev–Trinajstić information content (AvgIpc) is 2.79. The van der Waals surface area contributed by atoms with E-state index < -0.39 is 0 Å². The summed E-state index contributed by atoms with van der Waals surface area (Å²) in [6.07, 6.45) is 4.97. The molecule has 0 saturated carbocycles. The number of fused-ring (bicyclic) bond motifs is 6. The molecule has 0 spiro atoms. The third-order valence-corrected chi connectivity index (χ3v) is 6.83. The van der Waals surface area contributed by atoms with Gasteiger partial charge in [-0.1, -0.05) is 91.0 Å². The Morgan fingerprint density at radius 2 is 1.31 bits per heavy atom. The van der Waals surface area contributed by atoms with Gasteiger partial charge in [0.25, 0.3) is 0 Å². The number of hydrogen-bond donors (Lipinski definition) is 0. The second-order valence-electron chi connectivity index (χ2n) is 8.45. The smallest absolute Gasteiger partial charge is 0.00989 e. The molecule has 1 unspecified atom stereocenters. The van der Waals surface area contributed by atoms with E-state index in [1.54, 1.807) is 11.1 Å². The summed E-state index contributed by atoms with van der Waals surface area (Å²) in [5, 5.41) is 8.18. The van der Waals surface area contributed by atoms with Gasteiger partial charge in [0.05, 0.1) is 0 Å². The van der Waals surface area contributed by atoms with Crippen LogP contribution < -0.4 is 0 Å². The minimum absolute atomic E-state index is 0.637. The van der Waals surface area contributed by atoms with Crippen LogP contribution in [0.2, 0.25) is 0 Å². The van der Waals surface area contributed by atoms with Gasteiger partial charge in [0, 0.05) is 0 Å². The van der Waals surface area contributed by atoms with Crippen LogP contribution >= 0.6 is 0 Å². The van der Waals surface area contributed by atoms with Gasteiger partial charge in [-0.05, 0) is 80.6 Å². The largest absolute Gasteiger partial charge is 0.0620 e. The van der Waals surface area contributed by atoms with Crippen molar-refractivity contribution in [3.05, 3.63) is 108 Å². The van der Waals surface area contributed by atoms with Gasteiger partial charge in [0.2, 0.25) is 0 Å². The monoisotopic (exact) mass is 372 g/mol. The molecule has 0 bridgehead atoms. The third-order valence-electron chi connectivity index (χ3n) is 6.83. The molecule has 1 atom stereocenters. The van der Waals surface area contributed by atoms with Gasteiger partial charge in [0.15, 0.2) is 0 Å². The zero-order valence-corrected chi connectivity index (χ0v) is 16.6. The Labute approximate surface area is 171 Å². The summed E-state index contributed by atoms with van der Waals surface area (Å²) < 4.78 is 0. The van der Waals surface area contributed by atoms with Gasteiger partial charge in [-0.2, -0.15) is 0 Å². The Morgan fingerprint density at radius 1 is 0.586 bits per heavy atom. The lowest BCUT2D eigenvalue weighted by molar-refractivity contribution is 0.552. The fourth-order valence-corrected chi connectivity index (χ4v) is 5.43. The third kappa shape index (κ3) is 2.75. The molecule has 0 N–H and O–H groups in total. The molecular formula is C29H24. The van der Waals surface area contributed by atoms with Crippen LogP contribution in [-0.4, -0.2) is 0 Å². The van der Waals surface area contributed by atoms with Gasteiger partial charge in [0.1, 0.15) is 0 Å². The van der Waals surface area contributed by atoms with Crippen LogP contribution in [0.1, 0.15) is 35.4 Å². The molecule has 0 heteroatoms. The predicted molar refractivity (Wildman–Crippen MR) is 125 cm³/mol. The molecule has 140 valence electrons. The summed E-state index contributed by atoms with van der Waals surface area (Å²) in [5.41, 5.74) is 4.61. The zero-order valence-electron chi connectivity index (χ0n) is 16.6. The normalized spacial score (nSPS) is 16.3. The second-order valence-corrected chi connectivity index (χ2v) is 8.45. The van der Waals surface area contributed by atoms with E-state index in [0.29, 0.717) is 5.92 Å². The highest BCUT2D eigenvalue weighted by atomic mass is 14.2. The van der Waals surface area contributed by atoms with E-state index in [0.717, 1.165) is 6.42 Å². The summed E-state index contributed by atoms with van der Waals surface area (Å²) in [5.74, 6) is 0.637. The second kappa shape index (κ2) is 6.74. The average molecular weight is 373 g/mol. The van der Waals surface area contributed by atoms with E-state index in [2.05, 4.69) is 91.0 Å². The molecule has 0 aliphatic heterocycles. The van der Waals surface area contributed by atoms with E-state index in [9.17, 15) is 0 Å².